The Morgan fingerprint density at radius 2 is 2.14 bits per heavy atom. The highest BCUT2D eigenvalue weighted by Gasteiger charge is 2.25. The minimum absolute atomic E-state index is 0.0130. The molecule has 5 aromatic heterocycles. The number of rotatable bonds is 9. The Bertz CT molecular complexity index is 1650. The van der Waals surface area contributed by atoms with Gasteiger partial charge in [0.15, 0.2) is 11.5 Å². The van der Waals surface area contributed by atoms with Gasteiger partial charge < -0.3 is 18.9 Å². The zero-order valence-electron chi connectivity index (χ0n) is 19.3. The smallest absolute Gasteiger partial charge is 0.293 e. The van der Waals surface area contributed by atoms with Crippen LogP contribution in [0.3, 0.4) is 0 Å². The van der Waals surface area contributed by atoms with E-state index in [4.69, 9.17) is 16.3 Å². The molecule has 1 fully saturated rings. The van der Waals surface area contributed by atoms with E-state index in [2.05, 4.69) is 25.6 Å². The fraction of sp³-hybridized carbons (Fsp3) is 0.250. The van der Waals surface area contributed by atoms with Crippen molar-refractivity contribution in [1.82, 2.24) is 39.1 Å². The van der Waals surface area contributed by atoms with Crippen molar-refractivity contribution in [2.24, 2.45) is 0 Å². The molecule has 5 aromatic rings. The summed E-state index contributed by atoms with van der Waals surface area (Å²) in [6.45, 7) is 0.831. The Balaban J connectivity index is 1.17. The Hall–Kier alpha value is -4.32. The van der Waals surface area contributed by atoms with Crippen molar-refractivity contribution in [2.45, 2.75) is 38.5 Å². The number of imidazole rings is 2. The van der Waals surface area contributed by atoms with Crippen molar-refractivity contribution < 1.29 is 18.7 Å². The highest BCUT2D eigenvalue weighted by atomic mass is 35.5. The Morgan fingerprint density at radius 1 is 1.27 bits per heavy atom. The van der Waals surface area contributed by atoms with Crippen molar-refractivity contribution in [2.75, 3.05) is 0 Å². The van der Waals surface area contributed by atoms with Gasteiger partial charge in [-0.05, 0) is 36.5 Å². The second-order valence-corrected chi connectivity index (χ2v) is 9.26. The topological polar surface area (TPSA) is 121 Å². The van der Waals surface area contributed by atoms with Crippen LogP contribution in [0.15, 0.2) is 43.2 Å². The maximum absolute atomic E-state index is 14.4. The summed E-state index contributed by atoms with van der Waals surface area (Å²) in [5, 5.41) is 10.7. The molecule has 1 amide bonds. The van der Waals surface area contributed by atoms with E-state index < -0.39 is 11.7 Å². The van der Waals surface area contributed by atoms with Crippen molar-refractivity contribution >= 4 is 35.1 Å². The van der Waals surface area contributed by atoms with Crippen LogP contribution in [-0.2, 0) is 29.2 Å². The molecule has 1 N–H and O–H groups in total. The first kappa shape index (κ1) is 23.1. The third kappa shape index (κ3) is 4.51. The molecule has 0 unspecified atom stereocenters. The zero-order valence-corrected chi connectivity index (χ0v) is 20.1. The average Bonchev–Trinajstić information content (AvgIpc) is 3.30. The summed E-state index contributed by atoms with van der Waals surface area (Å²) in [4.78, 5) is 32.2. The minimum Gasteiger partial charge on any atom is -0.463 e. The minimum atomic E-state index is -0.602. The molecular formula is C24H20ClFN8O3. The van der Waals surface area contributed by atoms with Gasteiger partial charge in [-0.3, -0.25) is 9.59 Å². The molecule has 1 aliphatic carbocycles. The lowest BCUT2D eigenvalue weighted by Crippen LogP contribution is -2.23. The van der Waals surface area contributed by atoms with Crippen LogP contribution in [0.2, 0.25) is 5.02 Å². The lowest BCUT2D eigenvalue weighted by molar-refractivity contribution is -0.129. The average molecular weight is 523 g/mol. The van der Waals surface area contributed by atoms with Crippen LogP contribution in [0, 0.1) is 5.82 Å². The number of amides is 1. The summed E-state index contributed by atoms with van der Waals surface area (Å²) in [5.41, 5.74) is 4.05. The molecular weight excluding hydrogens is 503 g/mol. The van der Waals surface area contributed by atoms with E-state index in [0.29, 0.717) is 29.4 Å². The third-order valence-electron chi connectivity index (χ3n) is 6.23. The van der Waals surface area contributed by atoms with E-state index in [9.17, 15) is 14.0 Å². The van der Waals surface area contributed by atoms with Gasteiger partial charge in [-0.2, -0.15) is 0 Å². The number of ether oxygens (including phenoxy) is 1. The first-order chi connectivity index (χ1) is 18.0. The van der Waals surface area contributed by atoms with E-state index in [1.165, 1.54) is 33.2 Å². The molecule has 13 heteroatoms. The quantitative estimate of drug-likeness (QED) is 0.295. The predicted octanol–water partition coefficient (Wildman–Crippen LogP) is 2.89. The summed E-state index contributed by atoms with van der Waals surface area (Å²) >= 11 is 5.87. The first-order valence-electron chi connectivity index (χ1n) is 11.5. The van der Waals surface area contributed by atoms with E-state index in [0.717, 1.165) is 18.4 Å². The molecule has 0 aromatic carbocycles. The van der Waals surface area contributed by atoms with Gasteiger partial charge in [0, 0.05) is 24.2 Å². The fourth-order valence-corrected chi connectivity index (χ4v) is 4.45. The summed E-state index contributed by atoms with van der Waals surface area (Å²) in [7, 11) is 0. The molecule has 0 bridgehead atoms. The number of hydrogen-bond acceptors (Lipinski definition) is 7. The number of carbonyl (C=O) groups excluding carboxylic acids is 2. The van der Waals surface area contributed by atoms with Crippen LogP contribution in [-0.4, -0.2) is 46.1 Å². The van der Waals surface area contributed by atoms with Crippen molar-refractivity contribution in [3.8, 4) is 0 Å². The monoisotopic (exact) mass is 522 g/mol. The van der Waals surface area contributed by atoms with E-state index in [-0.39, 0.29) is 35.9 Å². The standard InChI is InChI=1S/C24H20ClFN8O3/c25-18-3-4-32-12-28-19(22(32)21(18)26)6-27-24(36)20-10-34(31-30-20)9-17-8-33-7-15(14-1-2-14)5-16(11-37-13-35)23(33)29-17/h3-5,7-8,10,12-14H,1-2,6,9,11H2,(H,27,36). The molecule has 6 rings (SSSR count). The summed E-state index contributed by atoms with van der Waals surface area (Å²) < 4.78 is 24.3. The first-order valence-corrected chi connectivity index (χ1v) is 11.9. The van der Waals surface area contributed by atoms with Crippen LogP contribution in [0.5, 0.6) is 0 Å². The molecule has 37 heavy (non-hydrogen) atoms. The Morgan fingerprint density at radius 3 is 2.95 bits per heavy atom. The normalized spacial score (nSPS) is 13.4. The van der Waals surface area contributed by atoms with E-state index in [1.807, 2.05) is 22.9 Å². The molecule has 5 heterocycles. The molecule has 0 spiro atoms. The lowest BCUT2D eigenvalue weighted by atomic mass is 10.1. The van der Waals surface area contributed by atoms with Crippen LogP contribution in [0.4, 0.5) is 4.39 Å². The number of pyridine rings is 2. The summed E-state index contributed by atoms with van der Waals surface area (Å²) in [5.74, 6) is -0.558. The third-order valence-corrected chi connectivity index (χ3v) is 6.53. The summed E-state index contributed by atoms with van der Waals surface area (Å²) in [6.07, 6.45) is 10.8. The fourth-order valence-electron chi connectivity index (χ4n) is 4.30. The van der Waals surface area contributed by atoms with Crippen LogP contribution >= 0.6 is 11.6 Å². The number of halogens is 2. The molecule has 188 valence electrons. The van der Waals surface area contributed by atoms with Crippen molar-refractivity contribution in [3.63, 3.8) is 0 Å². The van der Waals surface area contributed by atoms with Crippen molar-refractivity contribution in [3.05, 3.63) is 82.3 Å². The SMILES string of the molecule is O=COCc1cc(C2CC2)cn2cc(Cn3cc(C(=O)NCc4ncn5ccc(Cl)c(F)c45)nn3)nc12. The number of carbonyl (C=O) groups is 2. The summed E-state index contributed by atoms with van der Waals surface area (Å²) in [6, 6.07) is 3.47. The molecule has 1 saturated carbocycles. The highest BCUT2D eigenvalue weighted by Crippen LogP contribution is 2.40. The largest absolute Gasteiger partial charge is 0.463 e. The molecule has 1 aliphatic rings. The van der Waals surface area contributed by atoms with Gasteiger partial charge in [0.1, 0.15) is 17.8 Å². The van der Waals surface area contributed by atoms with Crippen molar-refractivity contribution in [1.29, 1.82) is 0 Å². The highest BCUT2D eigenvalue weighted by molar-refractivity contribution is 6.31. The van der Waals surface area contributed by atoms with Gasteiger partial charge in [0.25, 0.3) is 12.4 Å². The lowest BCUT2D eigenvalue weighted by Gasteiger charge is -2.06. The number of aromatic nitrogens is 7. The Kier molecular flexibility index (Phi) is 5.80. The van der Waals surface area contributed by atoms with Crippen LogP contribution in [0.25, 0.3) is 11.2 Å². The number of fused-ring (bicyclic) bond motifs is 2. The molecule has 11 nitrogen and oxygen atoms in total. The second-order valence-electron chi connectivity index (χ2n) is 8.85. The van der Waals surface area contributed by atoms with Gasteiger partial charge in [-0.15, -0.1) is 5.10 Å². The Labute approximate surface area is 213 Å². The van der Waals surface area contributed by atoms with Gasteiger partial charge in [0.2, 0.25) is 0 Å². The van der Waals surface area contributed by atoms with Crippen LogP contribution in [0.1, 0.15) is 51.8 Å². The van der Waals surface area contributed by atoms with Gasteiger partial charge >= 0.3 is 0 Å². The molecule has 0 saturated heterocycles. The van der Waals surface area contributed by atoms with E-state index in [1.54, 1.807) is 6.20 Å². The molecule has 0 atom stereocenters. The van der Waals surface area contributed by atoms with Gasteiger partial charge in [0.05, 0.1) is 42.0 Å². The maximum Gasteiger partial charge on any atom is 0.293 e. The molecule has 0 aliphatic heterocycles. The maximum atomic E-state index is 14.4. The van der Waals surface area contributed by atoms with Crippen LogP contribution < -0.4 is 5.32 Å². The second kappa shape index (κ2) is 9.28. The number of nitrogens with one attached hydrogen (secondary N) is 1. The predicted molar refractivity (Wildman–Crippen MR) is 128 cm³/mol. The van der Waals surface area contributed by atoms with Gasteiger partial charge in [-0.25, -0.2) is 19.0 Å². The molecule has 0 radical (unpaired) electrons. The number of nitrogens with zero attached hydrogens (tertiary/aromatic N) is 7. The van der Waals surface area contributed by atoms with E-state index >= 15 is 0 Å². The van der Waals surface area contributed by atoms with Gasteiger partial charge in [-0.1, -0.05) is 16.8 Å². The number of hydrogen-bond donors (Lipinski definition) is 1. The zero-order chi connectivity index (χ0) is 25.5.